The summed E-state index contributed by atoms with van der Waals surface area (Å²) in [4.78, 5) is 30.5. The highest BCUT2D eigenvalue weighted by molar-refractivity contribution is 7.98. The van der Waals surface area contributed by atoms with Crippen molar-refractivity contribution in [2.75, 3.05) is 25.2 Å². The lowest BCUT2D eigenvalue weighted by atomic mass is 10.2. The highest BCUT2D eigenvalue weighted by Crippen LogP contribution is 2.24. The van der Waals surface area contributed by atoms with E-state index >= 15 is 0 Å². The van der Waals surface area contributed by atoms with Gasteiger partial charge in [0.15, 0.2) is 0 Å². The van der Waals surface area contributed by atoms with Crippen molar-refractivity contribution in [2.24, 2.45) is 0 Å². The fourth-order valence-electron chi connectivity index (χ4n) is 1.98. The molecule has 120 valence electrons. The molecule has 0 aliphatic heterocycles. The molecule has 2 amide bonds. The minimum atomic E-state index is -0.289. The zero-order chi connectivity index (χ0) is 16.8. The van der Waals surface area contributed by atoms with Crippen LogP contribution >= 0.6 is 23.4 Å². The number of para-hydroxylation sites is 1. The van der Waals surface area contributed by atoms with Gasteiger partial charge in [0.25, 0.3) is 5.91 Å². The van der Waals surface area contributed by atoms with E-state index in [0.29, 0.717) is 5.56 Å². The van der Waals surface area contributed by atoms with E-state index in [9.17, 15) is 9.59 Å². The summed E-state index contributed by atoms with van der Waals surface area (Å²) < 4.78 is 0. The number of pyridine rings is 1. The molecule has 2 rings (SSSR count). The van der Waals surface area contributed by atoms with Crippen LogP contribution in [0.25, 0.3) is 0 Å². The molecule has 1 heterocycles. The van der Waals surface area contributed by atoms with Gasteiger partial charge in [-0.15, -0.1) is 11.8 Å². The van der Waals surface area contributed by atoms with E-state index in [-0.39, 0.29) is 23.5 Å². The Bertz CT molecular complexity index is 724. The van der Waals surface area contributed by atoms with Crippen LogP contribution in [-0.2, 0) is 4.79 Å². The molecule has 7 heteroatoms. The Morgan fingerprint density at radius 1 is 1.30 bits per heavy atom. The fourth-order valence-corrected chi connectivity index (χ4v) is 2.71. The molecule has 0 aliphatic carbocycles. The number of anilines is 1. The summed E-state index contributed by atoms with van der Waals surface area (Å²) >= 11 is 7.32. The predicted octanol–water partition coefficient (Wildman–Crippen LogP) is 3.17. The number of carbonyl (C=O) groups is 2. The first-order valence-electron chi connectivity index (χ1n) is 6.81. The molecule has 0 atom stereocenters. The third-order valence-corrected chi connectivity index (χ3v) is 4.08. The maximum Gasteiger partial charge on any atom is 0.254 e. The van der Waals surface area contributed by atoms with E-state index in [1.54, 1.807) is 24.9 Å². The molecule has 23 heavy (non-hydrogen) atoms. The largest absolute Gasteiger partial charge is 0.332 e. The van der Waals surface area contributed by atoms with Crippen LogP contribution in [0.4, 0.5) is 5.69 Å². The number of benzene rings is 1. The van der Waals surface area contributed by atoms with E-state index in [0.717, 1.165) is 10.6 Å². The summed E-state index contributed by atoms with van der Waals surface area (Å²) in [6.45, 7) is -0.0541. The van der Waals surface area contributed by atoms with Crippen molar-refractivity contribution in [3.05, 3.63) is 53.3 Å². The predicted molar refractivity (Wildman–Crippen MR) is 93.1 cm³/mol. The lowest BCUT2D eigenvalue weighted by molar-refractivity contribution is -0.116. The first kappa shape index (κ1) is 17.3. The van der Waals surface area contributed by atoms with Crippen molar-refractivity contribution in [3.8, 4) is 0 Å². The van der Waals surface area contributed by atoms with Crippen LogP contribution in [0.5, 0.6) is 0 Å². The molecule has 0 spiro atoms. The van der Waals surface area contributed by atoms with Crippen molar-refractivity contribution in [2.45, 2.75) is 4.90 Å². The van der Waals surface area contributed by atoms with Crippen LogP contribution in [0.1, 0.15) is 10.4 Å². The third-order valence-electron chi connectivity index (χ3n) is 3.08. The number of nitrogens with zero attached hydrogens (tertiary/aromatic N) is 2. The maximum absolute atomic E-state index is 12.3. The van der Waals surface area contributed by atoms with E-state index in [2.05, 4.69) is 10.3 Å². The standard InChI is InChI=1S/C16H16ClN3O2S/c1-20(16(22)11-7-8-18-14(17)9-11)10-15(21)19-12-5-3-4-6-13(12)23-2/h3-9H,10H2,1-2H3,(H,19,21). The summed E-state index contributed by atoms with van der Waals surface area (Å²) in [5.74, 6) is -0.551. The highest BCUT2D eigenvalue weighted by Gasteiger charge is 2.16. The Hall–Kier alpha value is -2.05. The Labute approximate surface area is 144 Å². The van der Waals surface area contributed by atoms with Gasteiger partial charge >= 0.3 is 0 Å². The molecular formula is C16H16ClN3O2S. The molecule has 0 radical (unpaired) electrons. The van der Waals surface area contributed by atoms with Crippen LogP contribution < -0.4 is 5.32 Å². The van der Waals surface area contributed by atoms with E-state index in [1.165, 1.54) is 17.2 Å². The third kappa shape index (κ3) is 4.71. The average molecular weight is 350 g/mol. The second kappa shape index (κ2) is 7.99. The SMILES string of the molecule is CSc1ccccc1NC(=O)CN(C)C(=O)c1ccnc(Cl)c1. The van der Waals surface area contributed by atoms with Gasteiger partial charge in [0.1, 0.15) is 5.15 Å². The number of amides is 2. The van der Waals surface area contributed by atoms with Crippen LogP contribution in [0, 0.1) is 0 Å². The lowest BCUT2D eigenvalue weighted by Gasteiger charge is -2.17. The zero-order valence-corrected chi connectivity index (χ0v) is 14.3. The Balaban J connectivity index is 2.01. The van der Waals surface area contributed by atoms with Gasteiger partial charge in [-0.2, -0.15) is 0 Å². The van der Waals surface area contributed by atoms with E-state index in [4.69, 9.17) is 11.6 Å². The summed E-state index contributed by atoms with van der Waals surface area (Å²) in [6, 6.07) is 10.5. The van der Waals surface area contributed by atoms with Gasteiger partial charge in [0.2, 0.25) is 5.91 Å². The molecule has 0 bridgehead atoms. The van der Waals surface area contributed by atoms with Crippen molar-refractivity contribution >= 4 is 40.9 Å². The number of rotatable bonds is 5. The van der Waals surface area contributed by atoms with Gasteiger partial charge in [-0.05, 0) is 30.5 Å². The monoisotopic (exact) mass is 349 g/mol. The summed E-state index contributed by atoms with van der Waals surface area (Å²) in [7, 11) is 1.57. The van der Waals surface area contributed by atoms with Gasteiger partial charge in [-0.3, -0.25) is 9.59 Å². The Kier molecular flexibility index (Phi) is 6.01. The normalized spacial score (nSPS) is 10.2. The zero-order valence-electron chi connectivity index (χ0n) is 12.7. The minimum absolute atomic E-state index is 0.0541. The smallest absolute Gasteiger partial charge is 0.254 e. The number of aromatic nitrogens is 1. The fraction of sp³-hybridized carbons (Fsp3) is 0.188. The lowest BCUT2D eigenvalue weighted by Crippen LogP contribution is -2.35. The van der Waals surface area contributed by atoms with Crippen molar-refractivity contribution in [3.63, 3.8) is 0 Å². The second-order valence-electron chi connectivity index (χ2n) is 4.78. The number of likely N-dealkylation sites (N-methyl/N-ethyl adjacent to an activating group) is 1. The van der Waals surface area contributed by atoms with Crippen LogP contribution in [0.2, 0.25) is 5.15 Å². The highest BCUT2D eigenvalue weighted by atomic mass is 35.5. The molecule has 0 aliphatic rings. The summed E-state index contributed by atoms with van der Waals surface area (Å²) in [6.07, 6.45) is 3.39. The topological polar surface area (TPSA) is 62.3 Å². The number of carbonyl (C=O) groups excluding carboxylic acids is 2. The number of halogens is 1. The molecular weight excluding hydrogens is 334 g/mol. The van der Waals surface area contributed by atoms with Gasteiger partial charge in [-0.1, -0.05) is 23.7 Å². The Morgan fingerprint density at radius 2 is 2.04 bits per heavy atom. The molecule has 2 aromatic rings. The van der Waals surface area contributed by atoms with Crippen LogP contribution in [0.3, 0.4) is 0 Å². The number of nitrogens with one attached hydrogen (secondary N) is 1. The Morgan fingerprint density at radius 3 is 2.74 bits per heavy atom. The average Bonchev–Trinajstić information content (AvgIpc) is 2.54. The molecule has 0 saturated heterocycles. The van der Waals surface area contributed by atoms with Crippen LogP contribution in [0.15, 0.2) is 47.5 Å². The first-order chi connectivity index (χ1) is 11.0. The van der Waals surface area contributed by atoms with Gasteiger partial charge in [0, 0.05) is 23.7 Å². The molecule has 1 aromatic carbocycles. The molecule has 1 aromatic heterocycles. The van der Waals surface area contributed by atoms with E-state index < -0.39 is 0 Å². The van der Waals surface area contributed by atoms with Crippen molar-refractivity contribution < 1.29 is 9.59 Å². The number of hydrogen-bond acceptors (Lipinski definition) is 4. The number of hydrogen-bond donors (Lipinski definition) is 1. The molecule has 0 fully saturated rings. The number of thioether (sulfide) groups is 1. The summed E-state index contributed by atoms with van der Waals surface area (Å²) in [5, 5.41) is 3.06. The molecule has 0 saturated carbocycles. The van der Waals surface area contributed by atoms with Gasteiger partial charge < -0.3 is 10.2 Å². The molecule has 1 N–H and O–H groups in total. The van der Waals surface area contributed by atoms with Crippen molar-refractivity contribution in [1.82, 2.24) is 9.88 Å². The van der Waals surface area contributed by atoms with E-state index in [1.807, 2.05) is 30.5 Å². The van der Waals surface area contributed by atoms with Crippen LogP contribution in [-0.4, -0.2) is 41.5 Å². The summed E-state index contributed by atoms with van der Waals surface area (Å²) in [5.41, 5.74) is 1.13. The molecule has 5 nitrogen and oxygen atoms in total. The first-order valence-corrected chi connectivity index (χ1v) is 8.41. The minimum Gasteiger partial charge on any atom is -0.332 e. The second-order valence-corrected chi connectivity index (χ2v) is 6.01. The molecule has 0 unspecified atom stereocenters. The van der Waals surface area contributed by atoms with Gasteiger partial charge in [-0.25, -0.2) is 4.98 Å². The quantitative estimate of drug-likeness (QED) is 0.665. The maximum atomic E-state index is 12.3. The van der Waals surface area contributed by atoms with Gasteiger partial charge in [0.05, 0.1) is 12.2 Å². The van der Waals surface area contributed by atoms with Crippen molar-refractivity contribution in [1.29, 1.82) is 0 Å².